The van der Waals surface area contributed by atoms with Crippen molar-refractivity contribution >= 4 is 22.5 Å². The molecule has 0 bridgehead atoms. The fraction of sp³-hybridized carbons (Fsp3) is 0.125. The van der Waals surface area contributed by atoms with Gasteiger partial charge in [0.15, 0.2) is 0 Å². The van der Waals surface area contributed by atoms with Crippen molar-refractivity contribution in [2.24, 2.45) is 0 Å². The summed E-state index contributed by atoms with van der Waals surface area (Å²) in [4.78, 5) is 0. The zero-order valence-electron chi connectivity index (χ0n) is 10.7. The van der Waals surface area contributed by atoms with Crippen molar-refractivity contribution in [1.29, 1.82) is 0 Å². The van der Waals surface area contributed by atoms with E-state index in [1.54, 1.807) is 12.1 Å². The molecule has 3 rings (SSSR count). The van der Waals surface area contributed by atoms with Gasteiger partial charge in [0.2, 0.25) is 0 Å². The van der Waals surface area contributed by atoms with Gasteiger partial charge in [-0.15, -0.1) is 0 Å². The first-order chi connectivity index (χ1) is 9.67. The van der Waals surface area contributed by atoms with Gasteiger partial charge in [0.05, 0.1) is 13.2 Å². The highest BCUT2D eigenvalue weighted by Crippen LogP contribution is 2.21. The molecule has 2 nitrogen and oxygen atoms in total. The number of hydrogen-bond donors (Lipinski definition) is 1. The van der Waals surface area contributed by atoms with Gasteiger partial charge in [-0.3, -0.25) is 0 Å². The van der Waals surface area contributed by atoms with Crippen molar-refractivity contribution in [2.75, 3.05) is 0 Å². The van der Waals surface area contributed by atoms with Crippen LogP contribution < -0.4 is 0 Å². The number of fused-ring (bicyclic) bond motifs is 1. The minimum atomic E-state index is -0.308. The lowest BCUT2D eigenvalue weighted by molar-refractivity contribution is 0.282. The van der Waals surface area contributed by atoms with Crippen LogP contribution in [0, 0.1) is 5.82 Å². The molecule has 1 N–H and O–H groups in total. The number of aliphatic hydroxyl groups excluding tert-OH is 1. The summed E-state index contributed by atoms with van der Waals surface area (Å²) in [6.45, 7) is 0.428. The molecule has 0 saturated heterocycles. The molecule has 0 unspecified atom stereocenters. The molecule has 1 aromatic heterocycles. The maximum Gasteiger partial charge on any atom is 0.129 e. The molecule has 2 aromatic carbocycles. The first kappa shape index (κ1) is 13.2. The lowest BCUT2D eigenvalue weighted by Crippen LogP contribution is -2.00. The molecular weight excluding hydrogens is 277 g/mol. The molecule has 0 amide bonds. The van der Waals surface area contributed by atoms with Crippen molar-refractivity contribution < 1.29 is 9.50 Å². The molecule has 1 heterocycles. The number of halogens is 2. The Morgan fingerprint density at radius 2 is 1.95 bits per heavy atom. The van der Waals surface area contributed by atoms with Crippen molar-refractivity contribution in [3.63, 3.8) is 0 Å². The summed E-state index contributed by atoms with van der Waals surface area (Å²) in [6.07, 6.45) is 1.92. The molecule has 20 heavy (non-hydrogen) atoms. The first-order valence-corrected chi connectivity index (χ1v) is 6.68. The Hall–Kier alpha value is -1.84. The Morgan fingerprint density at radius 1 is 1.10 bits per heavy atom. The third-order valence-corrected chi connectivity index (χ3v) is 3.61. The molecule has 0 fully saturated rings. The summed E-state index contributed by atoms with van der Waals surface area (Å²) in [5.74, 6) is -0.308. The summed E-state index contributed by atoms with van der Waals surface area (Å²) < 4.78 is 15.8. The van der Waals surface area contributed by atoms with Crippen LogP contribution in [-0.2, 0) is 13.2 Å². The van der Waals surface area contributed by atoms with E-state index in [-0.39, 0.29) is 12.4 Å². The molecule has 4 heteroatoms. The molecule has 102 valence electrons. The molecule has 0 aliphatic heterocycles. The number of hydrogen-bond acceptors (Lipinski definition) is 1. The second-order valence-corrected chi connectivity index (χ2v) is 5.17. The summed E-state index contributed by atoms with van der Waals surface area (Å²) in [5, 5.41) is 10.7. The van der Waals surface area contributed by atoms with Crippen molar-refractivity contribution in [3.8, 4) is 0 Å². The van der Waals surface area contributed by atoms with Crippen LogP contribution >= 0.6 is 11.6 Å². The monoisotopic (exact) mass is 289 g/mol. The van der Waals surface area contributed by atoms with E-state index in [1.807, 2.05) is 35.0 Å². The Labute approximate surface area is 121 Å². The van der Waals surface area contributed by atoms with Crippen molar-refractivity contribution in [1.82, 2.24) is 4.57 Å². The van der Waals surface area contributed by atoms with Gasteiger partial charge >= 0.3 is 0 Å². The van der Waals surface area contributed by atoms with E-state index in [1.165, 1.54) is 6.07 Å². The van der Waals surface area contributed by atoms with Gasteiger partial charge in [0.25, 0.3) is 0 Å². The Kier molecular flexibility index (Phi) is 3.47. The van der Waals surface area contributed by atoms with Gasteiger partial charge in [0, 0.05) is 22.3 Å². The van der Waals surface area contributed by atoms with Crippen molar-refractivity contribution in [3.05, 3.63) is 70.6 Å². The van der Waals surface area contributed by atoms with E-state index < -0.39 is 0 Å². The second-order valence-electron chi connectivity index (χ2n) is 4.73. The van der Waals surface area contributed by atoms with E-state index in [9.17, 15) is 9.50 Å². The molecule has 0 radical (unpaired) electrons. The topological polar surface area (TPSA) is 25.2 Å². The molecule has 3 aromatic rings. The number of benzene rings is 2. The number of aromatic nitrogens is 1. The van der Waals surface area contributed by atoms with Gasteiger partial charge in [-0.1, -0.05) is 29.8 Å². The van der Waals surface area contributed by atoms with Crippen LogP contribution in [0.1, 0.15) is 11.1 Å². The summed E-state index contributed by atoms with van der Waals surface area (Å²) in [5.41, 5.74) is 2.40. The van der Waals surface area contributed by atoms with Gasteiger partial charge in [0.1, 0.15) is 5.82 Å². The third-order valence-electron chi connectivity index (χ3n) is 3.38. The lowest BCUT2D eigenvalue weighted by Gasteiger charge is -2.08. The highest BCUT2D eigenvalue weighted by Gasteiger charge is 2.07. The molecule has 0 aliphatic rings. The maximum atomic E-state index is 13.9. The van der Waals surface area contributed by atoms with Gasteiger partial charge in [-0.05, 0) is 35.2 Å². The van der Waals surface area contributed by atoms with Crippen LogP contribution in [0.4, 0.5) is 4.39 Å². The van der Waals surface area contributed by atoms with Crippen LogP contribution in [0.15, 0.2) is 48.7 Å². The predicted molar refractivity (Wildman–Crippen MR) is 78.4 cm³/mol. The zero-order valence-corrected chi connectivity index (χ0v) is 11.4. The highest BCUT2D eigenvalue weighted by molar-refractivity contribution is 6.30. The molecule has 0 aliphatic carbocycles. The van der Waals surface area contributed by atoms with Crippen LogP contribution in [0.5, 0.6) is 0 Å². The summed E-state index contributed by atoms with van der Waals surface area (Å²) in [7, 11) is 0. The van der Waals surface area contributed by atoms with Crippen LogP contribution in [0.2, 0.25) is 5.02 Å². The maximum absolute atomic E-state index is 13.9. The number of rotatable bonds is 3. The SMILES string of the molecule is OCc1ccc2ccn(Cc3ccc(Cl)cc3F)c2c1. The van der Waals surface area contributed by atoms with E-state index in [4.69, 9.17) is 11.6 Å². The van der Waals surface area contributed by atoms with E-state index >= 15 is 0 Å². The van der Waals surface area contributed by atoms with Crippen LogP contribution in [0.25, 0.3) is 10.9 Å². The summed E-state index contributed by atoms with van der Waals surface area (Å²) in [6, 6.07) is 12.4. The minimum Gasteiger partial charge on any atom is -0.392 e. The Morgan fingerprint density at radius 3 is 2.70 bits per heavy atom. The lowest BCUT2D eigenvalue weighted by atomic mass is 10.1. The first-order valence-electron chi connectivity index (χ1n) is 6.30. The molecule has 0 spiro atoms. The van der Waals surface area contributed by atoms with E-state index in [0.29, 0.717) is 17.1 Å². The van der Waals surface area contributed by atoms with Gasteiger partial charge in [-0.25, -0.2) is 4.39 Å². The zero-order chi connectivity index (χ0) is 14.1. The van der Waals surface area contributed by atoms with Crippen LogP contribution in [-0.4, -0.2) is 9.67 Å². The predicted octanol–water partition coefficient (Wildman–Crippen LogP) is 3.97. The third kappa shape index (κ3) is 2.42. The van der Waals surface area contributed by atoms with Crippen LogP contribution in [0.3, 0.4) is 0 Å². The number of aliphatic hydroxyl groups is 1. The number of nitrogens with zero attached hydrogens (tertiary/aromatic N) is 1. The highest BCUT2D eigenvalue weighted by atomic mass is 35.5. The minimum absolute atomic E-state index is 0.00355. The quantitative estimate of drug-likeness (QED) is 0.775. The molecular formula is C16H13ClFNO. The standard InChI is InChI=1S/C16H13ClFNO/c17-14-4-3-13(15(18)8-14)9-19-6-5-12-2-1-11(10-20)7-16(12)19/h1-8,20H,9-10H2. The fourth-order valence-corrected chi connectivity index (χ4v) is 2.46. The van der Waals surface area contributed by atoms with Gasteiger partial charge < -0.3 is 9.67 Å². The van der Waals surface area contributed by atoms with Gasteiger partial charge in [-0.2, -0.15) is 0 Å². The normalized spacial score (nSPS) is 11.2. The van der Waals surface area contributed by atoms with Crippen molar-refractivity contribution in [2.45, 2.75) is 13.2 Å². The largest absolute Gasteiger partial charge is 0.392 e. The molecule has 0 saturated carbocycles. The Balaban J connectivity index is 2.01. The second kappa shape index (κ2) is 5.27. The average molecular weight is 290 g/mol. The van der Waals surface area contributed by atoms with E-state index in [0.717, 1.165) is 16.5 Å². The van der Waals surface area contributed by atoms with E-state index in [2.05, 4.69) is 0 Å². The Bertz CT molecular complexity index is 766. The molecule has 0 atom stereocenters. The average Bonchev–Trinajstić information content (AvgIpc) is 2.84. The summed E-state index contributed by atoms with van der Waals surface area (Å²) >= 11 is 5.76. The smallest absolute Gasteiger partial charge is 0.129 e. The fourth-order valence-electron chi connectivity index (χ4n) is 2.30.